The van der Waals surface area contributed by atoms with Crippen LogP contribution in [-0.4, -0.2) is 18.0 Å². The van der Waals surface area contributed by atoms with Crippen molar-refractivity contribution in [2.75, 3.05) is 4.72 Å². The molecule has 0 unspecified atom stereocenters. The minimum absolute atomic E-state index is 0.0959. The molecule has 0 atom stereocenters. The normalized spacial score (nSPS) is 11.7. The third-order valence-corrected chi connectivity index (χ3v) is 6.76. The zero-order valence-electron chi connectivity index (χ0n) is 16.8. The Morgan fingerprint density at radius 1 is 1.03 bits per heavy atom. The molecular formula is C23H21ClFN3O2S. The molecule has 0 aliphatic rings. The Balaban J connectivity index is 1.46. The lowest BCUT2D eigenvalue weighted by molar-refractivity contribution is 0.599. The van der Waals surface area contributed by atoms with Gasteiger partial charge in [0, 0.05) is 18.7 Å². The predicted molar refractivity (Wildman–Crippen MR) is 121 cm³/mol. The second-order valence-electron chi connectivity index (χ2n) is 7.14. The lowest BCUT2D eigenvalue weighted by atomic mass is 10.1. The van der Waals surface area contributed by atoms with Gasteiger partial charge in [-0.3, -0.25) is 4.72 Å². The molecule has 0 saturated carbocycles. The molecule has 0 fully saturated rings. The smallest absolute Gasteiger partial charge is 0.261 e. The van der Waals surface area contributed by atoms with Gasteiger partial charge in [0.25, 0.3) is 10.0 Å². The number of nitrogens with one attached hydrogen (secondary N) is 1. The van der Waals surface area contributed by atoms with Crippen molar-refractivity contribution in [3.8, 4) is 0 Å². The molecule has 1 heterocycles. The van der Waals surface area contributed by atoms with Crippen molar-refractivity contribution in [3.05, 3.63) is 89.0 Å². The highest BCUT2D eigenvalue weighted by Gasteiger charge is 2.16. The molecule has 8 heteroatoms. The summed E-state index contributed by atoms with van der Waals surface area (Å²) in [5.41, 5.74) is 3.61. The number of benzene rings is 3. The summed E-state index contributed by atoms with van der Waals surface area (Å²) in [5.74, 6) is 0.364. The largest absolute Gasteiger partial charge is 0.328 e. The lowest BCUT2D eigenvalue weighted by Gasteiger charge is -2.10. The standard InChI is InChI=1S/C23H21ClFN3O2S/c1-2-28-22-6-4-3-5-21(22)26-23(28)14-9-16-7-10-17(11-8-16)27-31(29,30)18-12-13-20(25)19(24)15-18/h3-8,10-13,15,27H,2,9,14H2,1H3. The number of hydrogen-bond acceptors (Lipinski definition) is 3. The third-order valence-electron chi connectivity index (χ3n) is 5.09. The number of nitrogens with zero attached hydrogens (tertiary/aromatic N) is 2. The molecule has 4 aromatic rings. The second-order valence-corrected chi connectivity index (χ2v) is 9.23. The van der Waals surface area contributed by atoms with E-state index < -0.39 is 15.8 Å². The number of hydrogen-bond donors (Lipinski definition) is 1. The average Bonchev–Trinajstić information content (AvgIpc) is 3.12. The fourth-order valence-electron chi connectivity index (χ4n) is 3.52. The number of aryl methyl sites for hydroxylation is 3. The van der Waals surface area contributed by atoms with Gasteiger partial charge in [0.05, 0.1) is 21.0 Å². The van der Waals surface area contributed by atoms with Gasteiger partial charge in [0.2, 0.25) is 0 Å². The summed E-state index contributed by atoms with van der Waals surface area (Å²) in [7, 11) is -3.86. The van der Waals surface area contributed by atoms with E-state index in [-0.39, 0.29) is 9.92 Å². The molecule has 4 rings (SSSR count). The monoisotopic (exact) mass is 457 g/mol. The molecule has 1 N–H and O–H groups in total. The van der Waals surface area contributed by atoms with Crippen molar-refractivity contribution in [1.82, 2.24) is 9.55 Å². The number of imidazole rings is 1. The van der Waals surface area contributed by atoms with Crippen molar-refractivity contribution in [2.45, 2.75) is 31.2 Å². The van der Waals surface area contributed by atoms with E-state index in [2.05, 4.69) is 22.3 Å². The maximum Gasteiger partial charge on any atom is 0.261 e. The molecule has 1 aromatic heterocycles. The summed E-state index contributed by atoms with van der Waals surface area (Å²) >= 11 is 5.70. The fourth-order valence-corrected chi connectivity index (χ4v) is 4.85. The zero-order valence-corrected chi connectivity index (χ0v) is 18.4. The summed E-state index contributed by atoms with van der Waals surface area (Å²) in [6, 6.07) is 18.6. The van der Waals surface area contributed by atoms with Gasteiger partial charge in [-0.1, -0.05) is 35.9 Å². The van der Waals surface area contributed by atoms with Crippen LogP contribution in [0, 0.1) is 5.82 Å². The van der Waals surface area contributed by atoms with Crippen molar-refractivity contribution in [1.29, 1.82) is 0 Å². The second kappa shape index (κ2) is 8.69. The predicted octanol–water partition coefficient (Wildman–Crippen LogP) is 5.43. The van der Waals surface area contributed by atoms with Crippen LogP contribution in [0.2, 0.25) is 5.02 Å². The number of fused-ring (bicyclic) bond motifs is 1. The van der Waals surface area contributed by atoms with Gasteiger partial charge in [-0.25, -0.2) is 17.8 Å². The van der Waals surface area contributed by atoms with Crippen LogP contribution in [0.1, 0.15) is 18.3 Å². The van der Waals surface area contributed by atoms with E-state index in [9.17, 15) is 12.8 Å². The van der Waals surface area contributed by atoms with Crippen molar-refractivity contribution < 1.29 is 12.8 Å². The molecular weight excluding hydrogens is 437 g/mol. The first-order valence-electron chi connectivity index (χ1n) is 9.88. The van der Waals surface area contributed by atoms with Gasteiger partial charge in [0.1, 0.15) is 11.6 Å². The fraction of sp³-hybridized carbons (Fsp3) is 0.174. The van der Waals surface area contributed by atoms with Gasteiger partial charge in [-0.2, -0.15) is 0 Å². The minimum atomic E-state index is -3.86. The Labute approximate surface area is 185 Å². The van der Waals surface area contributed by atoms with Crippen LogP contribution >= 0.6 is 11.6 Å². The van der Waals surface area contributed by atoms with Crippen LogP contribution in [0.5, 0.6) is 0 Å². The van der Waals surface area contributed by atoms with E-state index in [1.54, 1.807) is 12.1 Å². The third kappa shape index (κ3) is 4.57. The molecule has 0 aliphatic carbocycles. The SMILES string of the molecule is CCn1c(CCc2ccc(NS(=O)(=O)c3ccc(F)c(Cl)c3)cc2)nc2ccccc21. The van der Waals surface area contributed by atoms with E-state index >= 15 is 0 Å². The van der Waals surface area contributed by atoms with Crippen LogP contribution in [0.4, 0.5) is 10.1 Å². The maximum absolute atomic E-state index is 13.3. The summed E-state index contributed by atoms with van der Waals surface area (Å²) in [6.45, 7) is 2.96. The molecule has 0 amide bonds. The Hall–Kier alpha value is -2.90. The molecule has 0 saturated heterocycles. The first kappa shape index (κ1) is 21.3. The molecule has 160 valence electrons. The maximum atomic E-state index is 13.3. The zero-order chi connectivity index (χ0) is 22.0. The van der Waals surface area contributed by atoms with Crippen LogP contribution in [-0.2, 0) is 29.4 Å². The topological polar surface area (TPSA) is 64.0 Å². The number of para-hydroxylation sites is 2. The van der Waals surface area contributed by atoms with Gasteiger partial charge in [-0.15, -0.1) is 0 Å². The highest BCUT2D eigenvalue weighted by atomic mass is 35.5. The molecule has 0 radical (unpaired) electrons. The van der Waals surface area contributed by atoms with Crippen molar-refractivity contribution in [3.63, 3.8) is 0 Å². The Bertz CT molecular complexity index is 1330. The van der Waals surface area contributed by atoms with E-state index in [0.717, 1.165) is 53.9 Å². The van der Waals surface area contributed by atoms with E-state index in [0.29, 0.717) is 5.69 Å². The minimum Gasteiger partial charge on any atom is -0.328 e. The van der Waals surface area contributed by atoms with Crippen LogP contribution < -0.4 is 4.72 Å². The highest BCUT2D eigenvalue weighted by molar-refractivity contribution is 7.92. The number of aromatic nitrogens is 2. The molecule has 0 aliphatic heterocycles. The molecule has 5 nitrogen and oxygen atoms in total. The average molecular weight is 458 g/mol. The first-order valence-corrected chi connectivity index (χ1v) is 11.7. The first-order chi connectivity index (χ1) is 14.9. The Morgan fingerprint density at radius 2 is 1.77 bits per heavy atom. The molecule has 31 heavy (non-hydrogen) atoms. The summed E-state index contributed by atoms with van der Waals surface area (Å²) in [4.78, 5) is 4.65. The van der Waals surface area contributed by atoms with Crippen molar-refractivity contribution >= 4 is 38.3 Å². The van der Waals surface area contributed by atoms with Crippen LogP contribution in [0.25, 0.3) is 11.0 Å². The number of sulfonamides is 1. The van der Waals surface area contributed by atoms with E-state index in [1.807, 2.05) is 30.3 Å². The van der Waals surface area contributed by atoms with Crippen LogP contribution in [0.15, 0.2) is 71.6 Å². The van der Waals surface area contributed by atoms with E-state index in [4.69, 9.17) is 16.6 Å². The number of anilines is 1. The van der Waals surface area contributed by atoms with Crippen LogP contribution in [0.3, 0.4) is 0 Å². The molecule has 0 bridgehead atoms. The van der Waals surface area contributed by atoms with Gasteiger partial charge in [-0.05, 0) is 61.4 Å². The van der Waals surface area contributed by atoms with Gasteiger partial charge < -0.3 is 4.57 Å². The Kier molecular flexibility index (Phi) is 5.98. The molecule has 3 aromatic carbocycles. The number of halogens is 2. The van der Waals surface area contributed by atoms with Crippen molar-refractivity contribution in [2.24, 2.45) is 0 Å². The van der Waals surface area contributed by atoms with E-state index in [1.165, 1.54) is 6.07 Å². The summed E-state index contributed by atoms with van der Waals surface area (Å²) in [6.07, 6.45) is 1.56. The Morgan fingerprint density at radius 3 is 2.48 bits per heavy atom. The lowest BCUT2D eigenvalue weighted by Crippen LogP contribution is -2.13. The summed E-state index contributed by atoms with van der Waals surface area (Å²) < 4.78 is 43.0. The van der Waals surface area contributed by atoms with Gasteiger partial charge in [0.15, 0.2) is 0 Å². The number of rotatable bonds is 7. The van der Waals surface area contributed by atoms with Gasteiger partial charge >= 0.3 is 0 Å². The molecule has 0 spiro atoms. The highest BCUT2D eigenvalue weighted by Crippen LogP contribution is 2.23. The summed E-state index contributed by atoms with van der Waals surface area (Å²) in [5, 5.41) is -0.240. The quantitative estimate of drug-likeness (QED) is 0.402.